The number of esters is 1. The Hall–Kier alpha value is -3.69. The second kappa shape index (κ2) is 9.89. The van der Waals surface area contributed by atoms with Crippen LogP contribution in [0.1, 0.15) is 29.9 Å². The monoisotopic (exact) mass is 510 g/mol. The number of hydrogen-bond donors (Lipinski definition) is 1. The number of benzene rings is 2. The van der Waals surface area contributed by atoms with Crippen LogP contribution in [0.15, 0.2) is 71.9 Å². The van der Waals surface area contributed by atoms with Crippen molar-refractivity contribution in [2.75, 3.05) is 12.3 Å². The third-order valence-corrected chi connectivity index (χ3v) is 7.36. The van der Waals surface area contributed by atoms with Crippen LogP contribution < -0.4 is 5.73 Å². The smallest absolute Gasteiger partial charge is 0.356 e. The van der Waals surface area contributed by atoms with E-state index in [0.29, 0.717) is 22.6 Å². The Balaban J connectivity index is 2.16. The van der Waals surface area contributed by atoms with Crippen molar-refractivity contribution in [1.82, 2.24) is 13.9 Å². The van der Waals surface area contributed by atoms with E-state index in [4.69, 9.17) is 22.1 Å². The molecular weight excluding hydrogens is 488 g/mol. The maximum absolute atomic E-state index is 14.0. The molecule has 0 atom stereocenters. The number of halogens is 1. The summed E-state index contributed by atoms with van der Waals surface area (Å²) in [5.41, 5.74) is 7.95. The van der Waals surface area contributed by atoms with Gasteiger partial charge in [-0.1, -0.05) is 42.8 Å². The first-order valence-corrected chi connectivity index (χ1v) is 12.7. The fraction of sp³-hybridized carbons (Fsp3) is 0.160. The highest BCUT2D eigenvalue weighted by atomic mass is 35.5. The quantitative estimate of drug-likeness (QED) is 0.354. The molecule has 0 unspecified atom stereocenters. The van der Waals surface area contributed by atoms with Crippen molar-refractivity contribution in [3.63, 3.8) is 0 Å². The lowest BCUT2D eigenvalue weighted by Gasteiger charge is -2.15. The molecule has 180 valence electrons. The van der Waals surface area contributed by atoms with Crippen LogP contribution in [-0.2, 0) is 21.2 Å². The summed E-state index contributed by atoms with van der Waals surface area (Å²) in [5.74, 6) is -0.645. The lowest BCUT2D eigenvalue weighted by Crippen LogP contribution is -2.21. The SMILES string of the molecule is CCOC(=O)c1c(-c2cc(Cl)ccc2CC)cc(-c2cc(N)ncn2)n1S(=O)(=O)c1ccccc1. The Morgan fingerprint density at radius 3 is 2.43 bits per heavy atom. The molecule has 4 aromatic rings. The van der Waals surface area contributed by atoms with Gasteiger partial charge in [0.15, 0.2) is 5.69 Å². The molecule has 10 heteroatoms. The highest BCUT2D eigenvalue weighted by Gasteiger charge is 2.33. The number of carbonyl (C=O) groups excluding carboxylic acids is 1. The first-order valence-electron chi connectivity index (χ1n) is 10.9. The van der Waals surface area contributed by atoms with Crippen molar-refractivity contribution < 1.29 is 17.9 Å². The van der Waals surface area contributed by atoms with Crippen LogP contribution in [0.5, 0.6) is 0 Å². The molecule has 2 N–H and O–H groups in total. The van der Waals surface area contributed by atoms with Crippen molar-refractivity contribution >= 4 is 33.4 Å². The van der Waals surface area contributed by atoms with Crippen molar-refractivity contribution in [1.29, 1.82) is 0 Å². The molecule has 0 bridgehead atoms. The Kier molecular flexibility index (Phi) is 6.90. The van der Waals surface area contributed by atoms with Gasteiger partial charge < -0.3 is 10.5 Å². The first kappa shape index (κ1) is 24.4. The van der Waals surface area contributed by atoms with Gasteiger partial charge in [-0.2, -0.15) is 0 Å². The minimum absolute atomic E-state index is 0.00205. The van der Waals surface area contributed by atoms with E-state index >= 15 is 0 Å². The largest absolute Gasteiger partial charge is 0.461 e. The zero-order chi connectivity index (χ0) is 25.2. The average Bonchev–Trinajstić information content (AvgIpc) is 3.26. The third kappa shape index (κ3) is 4.65. The van der Waals surface area contributed by atoms with E-state index in [-0.39, 0.29) is 34.4 Å². The molecule has 4 rings (SSSR count). The van der Waals surface area contributed by atoms with Gasteiger partial charge in [-0.05, 0) is 54.8 Å². The Morgan fingerprint density at radius 1 is 1.03 bits per heavy atom. The van der Waals surface area contributed by atoms with E-state index in [1.54, 1.807) is 43.3 Å². The molecule has 0 saturated heterocycles. The third-order valence-electron chi connectivity index (χ3n) is 5.40. The van der Waals surface area contributed by atoms with Gasteiger partial charge in [0, 0.05) is 16.7 Å². The minimum Gasteiger partial charge on any atom is -0.461 e. The fourth-order valence-corrected chi connectivity index (χ4v) is 5.54. The second-order valence-electron chi connectivity index (χ2n) is 7.58. The summed E-state index contributed by atoms with van der Waals surface area (Å²) < 4.78 is 34.2. The van der Waals surface area contributed by atoms with Crippen LogP contribution >= 0.6 is 11.6 Å². The van der Waals surface area contributed by atoms with Gasteiger partial charge in [0.2, 0.25) is 0 Å². The van der Waals surface area contributed by atoms with Crippen LogP contribution in [-0.4, -0.2) is 34.9 Å². The topological polar surface area (TPSA) is 117 Å². The molecule has 0 aliphatic rings. The predicted octanol–water partition coefficient (Wildman–Crippen LogP) is 4.82. The van der Waals surface area contributed by atoms with Gasteiger partial charge in [-0.15, -0.1) is 0 Å². The molecule has 0 saturated carbocycles. The summed E-state index contributed by atoms with van der Waals surface area (Å²) in [7, 11) is -4.26. The van der Waals surface area contributed by atoms with Crippen LogP contribution in [0.2, 0.25) is 5.02 Å². The Bertz CT molecular complexity index is 1500. The van der Waals surface area contributed by atoms with Gasteiger partial charge in [0.25, 0.3) is 10.0 Å². The number of aromatic nitrogens is 3. The molecule has 2 heterocycles. The minimum atomic E-state index is -4.26. The maximum atomic E-state index is 14.0. The maximum Gasteiger partial charge on any atom is 0.356 e. The van der Waals surface area contributed by atoms with Crippen LogP contribution in [0.4, 0.5) is 5.82 Å². The summed E-state index contributed by atoms with van der Waals surface area (Å²) in [6, 6.07) is 16.2. The normalized spacial score (nSPS) is 11.4. The van der Waals surface area contributed by atoms with Gasteiger partial charge in [0.1, 0.15) is 12.1 Å². The van der Waals surface area contributed by atoms with Gasteiger partial charge in [-0.3, -0.25) is 0 Å². The highest BCUT2D eigenvalue weighted by molar-refractivity contribution is 7.90. The van der Waals surface area contributed by atoms with Crippen LogP contribution in [0.25, 0.3) is 22.5 Å². The lowest BCUT2D eigenvalue weighted by molar-refractivity contribution is 0.0519. The van der Waals surface area contributed by atoms with E-state index in [1.807, 2.05) is 13.0 Å². The summed E-state index contributed by atoms with van der Waals surface area (Å²) in [5, 5.41) is 0.443. The van der Waals surface area contributed by atoms with E-state index < -0.39 is 16.0 Å². The Labute approximate surface area is 208 Å². The molecule has 0 aliphatic heterocycles. The molecule has 2 aromatic heterocycles. The first-order chi connectivity index (χ1) is 16.8. The number of nitrogens with zero attached hydrogens (tertiary/aromatic N) is 3. The zero-order valence-electron chi connectivity index (χ0n) is 19.1. The molecule has 35 heavy (non-hydrogen) atoms. The molecule has 0 aliphatic carbocycles. The van der Waals surface area contributed by atoms with Gasteiger partial charge >= 0.3 is 5.97 Å². The number of anilines is 1. The van der Waals surface area contributed by atoms with Gasteiger partial charge in [0.05, 0.1) is 22.9 Å². The lowest BCUT2D eigenvalue weighted by atomic mass is 9.98. The van der Waals surface area contributed by atoms with Crippen LogP contribution in [0.3, 0.4) is 0 Å². The summed E-state index contributed by atoms with van der Waals surface area (Å²) in [4.78, 5) is 21.5. The van der Waals surface area contributed by atoms with Crippen molar-refractivity contribution in [3.05, 3.63) is 83.3 Å². The predicted molar refractivity (Wildman–Crippen MR) is 135 cm³/mol. The van der Waals surface area contributed by atoms with E-state index in [1.165, 1.54) is 24.5 Å². The average molecular weight is 511 g/mol. The number of ether oxygens (including phenoxy) is 1. The van der Waals surface area contributed by atoms with E-state index in [2.05, 4.69) is 9.97 Å². The molecule has 0 fully saturated rings. The number of aryl methyl sites for hydroxylation is 1. The molecule has 0 spiro atoms. The molecule has 2 aromatic carbocycles. The number of carbonyl (C=O) groups is 1. The Morgan fingerprint density at radius 2 is 1.77 bits per heavy atom. The van der Waals surface area contributed by atoms with Crippen molar-refractivity contribution in [2.24, 2.45) is 0 Å². The summed E-state index contributed by atoms with van der Waals surface area (Å²) in [6.45, 7) is 3.67. The van der Waals surface area contributed by atoms with Gasteiger partial charge in [-0.25, -0.2) is 27.2 Å². The summed E-state index contributed by atoms with van der Waals surface area (Å²) >= 11 is 6.31. The molecule has 0 radical (unpaired) electrons. The number of hydrogen-bond acceptors (Lipinski definition) is 7. The van der Waals surface area contributed by atoms with Crippen molar-refractivity contribution in [2.45, 2.75) is 25.2 Å². The molecular formula is C25H23ClN4O4S. The van der Waals surface area contributed by atoms with E-state index in [9.17, 15) is 13.2 Å². The highest BCUT2D eigenvalue weighted by Crippen LogP contribution is 2.38. The fourth-order valence-electron chi connectivity index (χ4n) is 3.84. The number of nitrogen functional groups attached to an aromatic ring is 1. The van der Waals surface area contributed by atoms with E-state index in [0.717, 1.165) is 9.54 Å². The molecule has 8 nitrogen and oxygen atoms in total. The van der Waals surface area contributed by atoms with Crippen LogP contribution in [0, 0.1) is 0 Å². The standard InChI is InChI=1S/C25H23ClN4O4S/c1-3-16-10-11-17(26)12-19(16)20-13-22(21-14-23(27)29-15-28-21)30(24(20)25(31)34-4-2)35(32,33)18-8-6-5-7-9-18/h5-15H,3-4H2,1-2H3,(H2,27,28,29). The number of nitrogens with two attached hydrogens (primary N) is 1. The summed E-state index contributed by atoms with van der Waals surface area (Å²) in [6.07, 6.45) is 1.86. The molecule has 0 amide bonds. The second-order valence-corrected chi connectivity index (χ2v) is 9.80. The zero-order valence-corrected chi connectivity index (χ0v) is 20.7. The van der Waals surface area contributed by atoms with Crippen molar-refractivity contribution in [3.8, 4) is 22.5 Å². The number of rotatable bonds is 7.